The van der Waals surface area contributed by atoms with Crippen molar-refractivity contribution in [2.24, 2.45) is 16.7 Å². The van der Waals surface area contributed by atoms with Crippen LogP contribution in [0.5, 0.6) is 0 Å². The number of para-hydroxylation sites is 1. The molecule has 0 heterocycles. The van der Waals surface area contributed by atoms with Crippen molar-refractivity contribution < 1.29 is 9.84 Å². The second-order valence-electron chi connectivity index (χ2n) is 12.5. The molecule has 1 aromatic carbocycles. The summed E-state index contributed by atoms with van der Waals surface area (Å²) in [5.41, 5.74) is 1.34. The minimum atomic E-state index is -1.24. The van der Waals surface area contributed by atoms with Crippen LogP contribution < -0.4 is 5.32 Å². The Bertz CT molecular complexity index is 899. The van der Waals surface area contributed by atoms with Gasteiger partial charge in [0.2, 0.25) is 0 Å². The van der Waals surface area contributed by atoms with Crippen molar-refractivity contribution >= 4 is 18.3 Å². The molecular formula is C33H55NO2S. The zero-order valence-electron chi connectivity index (χ0n) is 25.0. The first-order chi connectivity index (χ1) is 17.4. The van der Waals surface area contributed by atoms with Gasteiger partial charge in [0, 0.05) is 16.5 Å². The molecule has 37 heavy (non-hydrogen) atoms. The maximum atomic E-state index is 11.8. The van der Waals surface area contributed by atoms with Gasteiger partial charge in [-0.2, -0.15) is 0 Å². The van der Waals surface area contributed by atoms with E-state index in [9.17, 15) is 5.11 Å². The molecule has 0 fully saturated rings. The van der Waals surface area contributed by atoms with Gasteiger partial charge in [-0.25, -0.2) is 0 Å². The van der Waals surface area contributed by atoms with Gasteiger partial charge in [0.15, 0.2) is 5.72 Å². The molecule has 0 aliphatic heterocycles. The molecule has 3 nitrogen and oxygen atoms in total. The van der Waals surface area contributed by atoms with Crippen LogP contribution in [0.1, 0.15) is 120 Å². The summed E-state index contributed by atoms with van der Waals surface area (Å²) in [7, 11) is 0. The van der Waals surface area contributed by atoms with Crippen LogP contribution in [0.4, 0.5) is 5.69 Å². The molecule has 0 amide bonds. The third kappa shape index (κ3) is 9.10. The molecule has 1 aromatic rings. The highest BCUT2D eigenvalue weighted by Gasteiger charge is 2.41. The Balaban J connectivity index is 2.35. The number of anilines is 1. The Morgan fingerprint density at radius 3 is 2.22 bits per heavy atom. The number of hydrogen-bond donors (Lipinski definition) is 3. The van der Waals surface area contributed by atoms with Crippen LogP contribution in [0, 0.1) is 16.7 Å². The third-order valence-electron chi connectivity index (χ3n) is 8.84. The number of unbranched alkanes of at least 4 members (excludes halogenated alkanes) is 5. The summed E-state index contributed by atoms with van der Waals surface area (Å²) in [4.78, 5) is 0.817. The first kappa shape index (κ1) is 31.8. The standard InChI is InChI=1S/C33H55NO2S/c1-9-12-13-14-15-16-21-30(33(8,35)34-27-19-17-18-20-29(27)37)36-28-23-22-25(31(4,5)10-2)24-26(28)32(6,7)11-3/h17-20,22-23,26,30,34-35,37H,9-16,21,24H2,1-8H3. The fourth-order valence-corrected chi connectivity index (χ4v) is 5.32. The van der Waals surface area contributed by atoms with Gasteiger partial charge in [-0.15, -0.1) is 12.6 Å². The van der Waals surface area contributed by atoms with Gasteiger partial charge in [0.05, 0.1) is 0 Å². The summed E-state index contributed by atoms with van der Waals surface area (Å²) in [6.45, 7) is 18.0. The second-order valence-corrected chi connectivity index (χ2v) is 13.0. The molecule has 3 atom stereocenters. The number of aliphatic hydroxyl groups is 1. The number of benzene rings is 1. The van der Waals surface area contributed by atoms with Gasteiger partial charge in [0.1, 0.15) is 11.9 Å². The van der Waals surface area contributed by atoms with Crippen LogP contribution in [0.2, 0.25) is 0 Å². The van der Waals surface area contributed by atoms with Crippen LogP contribution in [0.3, 0.4) is 0 Å². The van der Waals surface area contributed by atoms with Gasteiger partial charge >= 0.3 is 0 Å². The highest BCUT2D eigenvalue weighted by Crippen LogP contribution is 2.47. The van der Waals surface area contributed by atoms with Crippen LogP contribution in [-0.2, 0) is 4.74 Å². The normalized spacial score (nSPS) is 19.0. The molecule has 210 valence electrons. The number of thiol groups is 1. The number of allylic oxidation sites excluding steroid dienone is 4. The van der Waals surface area contributed by atoms with E-state index in [1.165, 1.54) is 31.3 Å². The van der Waals surface area contributed by atoms with E-state index >= 15 is 0 Å². The highest BCUT2D eigenvalue weighted by molar-refractivity contribution is 7.80. The van der Waals surface area contributed by atoms with Crippen LogP contribution >= 0.6 is 12.6 Å². The van der Waals surface area contributed by atoms with Crippen molar-refractivity contribution in [3.63, 3.8) is 0 Å². The molecule has 0 saturated heterocycles. The summed E-state index contributed by atoms with van der Waals surface area (Å²) in [6.07, 6.45) is 15.4. The average Bonchev–Trinajstić information content (AvgIpc) is 2.86. The zero-order valence-corrected chi connectivity index (χ0v) is 25.9. The smallest absolute Gasteiger partial charge is 0.170 e. The summed E-state index contributed by atoms with van der Waals surface area (Å²) >= 11 is 4.60. The van der Waals surface area contributed by atoms with E-state index < -0.39 is 5.72 Å². The largest absolute Gasteiger partial charge is 0.489 e. The molecule has 1 aliphatic carbocycles. The van der Waals surface area contributed by atoms with Crippen LogP contribution in [0.25, 0.3) is 0 Å². The van der Waals surface area contributed by atoms with Crippen molar-refractivity contribution in [1.82, 2.24) is 0 Å². The van der Waals surface area contributed by atoms with Crippen molar-refractivity contribution in [2.75, 3.05) is 5.32 Å². The summed E-state index contributed by atoms with van der Waals surface area (Å²) in [5, 5.41) is 15.1. The monoisotopic (exact) mass is 529 g/mol. The lowest BCUT2D eigenvalue weighted by atomic mass is 9.66. The Morgan fingerprint density at radius 1 is 0.946 bits per heavy atom. The average molecular weight is 530 g/mol. The first-order valence-electron chi connectivity index (χ1n) is 14.7. The first-order valence-corrected chi connectivity index (χ1v) is 15.2. The summed E-state index contributed by atoms with van der Waals surface area (Å²) < 4.78 is 6.87. The van der Waals surface area contributed by atoms with Gasteiger partial charge in [-0.1, -0.05) is 111 Å². The molecule has 0 bridgehead atoms. The lowest BCUT2D eigenvalue weighted by Gasteiger charge is -2.43. The number of ether oxygens (including phenoxy) is 1. The molecule has 3 unspecified atom stereocenters. The fraction of sp³-hybridized carbons (Fsp3) is 0.697. The maximum absolute atomic E-state index is 11.8. The van der Waals surface area contributed by atoms with E-state index in [4.69, 9.17) is 4.74 Å². The van der Waals surface area contributed by atoms with Crippen LogP contribution in [-0.4, -0.2) is 16.9 Å². The maximum Gasteiger partial charge on any atom is 0.170 e. The molecule has 0 aromatic heterocycles. The molecule has 1 aliphatic rings. The lowest BCUT2D eigenvalue weighted by Crippen LogP contribution is -2.48. The van der Waals surface area contributed by atoms with Gasteiger partial charge in [0.25, 0.3) is 0 Å². The van der Waals surface area contributed by atoms with E-state index in [0.29, 0.717) is 0 Å². The molecular weight excluding hydrogens is 474 g/mol. The number of rotatable bonds is 16. The van der Waals surface area contributed by atoms with E-state index in [1.54, 1.807) is 0 Å². The zero-order chi connectivity index (χ0) is 27.7. The van der Waals surface area contributed by atoms with Gasteiger partial charge < -0.3 is 15.2 Å². The Morgan fingerprint density at radius 2 is 1.59 bits per heavy atom. The van der Waals surface area contributed by atoms with E-state index in [-0.39, 0.29) is 22.9 Å². The fourth-order valence-electron chi connectivity index (χ4n) is 5.11. The predicted octanol–water partition coefficient (Wildman–Crippen LogP) is 9.93. The molecule has 4 heteroatoms. The Hall–Kier alpha value is -1.39. The summed E-state index contributed by atoms with van der Waals surface area (Å²) in [6, 6.07) is 7.82. The molecule has 0 saturated carbocycles. The van der Waals surface area contributed by atoms with Crippen molar-refractivity contribution in [3.05, 3.63) is 47.7 Å². The number of hydrogen-bond acceptors (Lipinski definition) is 4. The third-order valence-corrected chi connectivity index (χ3v) is 9.23. The van der Waals surface area contributed by atoms with E-state index in [0.717, 1.165) is 54.9 Å². The Labute approximate surface area is 234 Å². The minimum absolute atomic E-state index is 0.0941. The van der Waals surface area contributed by atoms with Crippen LogP contribution in [0.15, 0.2) is 52.6 Å². The summed E-state index contributed by atoms with van der Waals surface area (Å²) in [5.74, 6) is 1.29. The van der Waals surface area contributed by atoms with Gasteiger partial charge in [-0.3, -0.25) is 0 Å². The second kappa shape index (κ2) is 14.1. The molecule has 2 rings (SSSR count). The van der Waals surface area contributed by atoms with Crippen molar-refractivity contribution in [1.29, 1.82) is 0 Å². The number of nitrogens with one attached hydrogen (secondary N) is 1. The highest BCUT2D eigenvalue weighted by atomic mass is 32.1. The molecule has 2 N–H and O–H groups in total. The van der Waals surface area contributed by atoms with E-state index in [2.05, 4.69) is 78.6 Å². The van der Waals surface area contributed by atoms with Crippen molar-refractivity contribution in [2.45, 2.75) is 136 Å². The van der Waals surface area contributed by atoms with E-state index in [1.807, 2.05) is 31.2 Å². The SMILES string of the molecule is CCCCCCCCC(OC1=CC=C(C(C)(C)CC)CC1C(C)(C)CC)C(C)(O)Nc1ccccc1S. The minimum Gasteiger partial charge on any atom is -0.489 e. The predicted molar refractivity (Wildman–Crippen MR) is 163 cm³/mol. The van der Waals surface area contributed by atoms with Gasteiger partial charge in [-0.05, 0) is 61.6 Å². The topological polar surface area (TPSA) is 41.5 Å². The molecule has 0 radical (unpaired) electrons. The van der Waals surface area contributed by atoms with Crippen molar-refractivity contribution in [3.8, 4) is 0 Å². The lowest BCUT2D eigenvalue weighted by molar-refractivity contribution is -0.0747. The Kier molecular flexibility index (Phi) is 12.1. The molecule has 0 spiro atoms. The quantitative estimate of drug-likeness (QED) is 0.113.